The highest BCUT2D eigenvalue weighted by Crippen LogP contribution is 2.44. The van der Waals surface area contributed by atoms with Gasteiger partial charge in [0.1, 0.15) is 0 Å². The molecule has 0 saturated heterocycles. The Morgan fingerprint density at radius 2 is 1.83 bits per heavy atom. The molecule has 0 fully saturated rings. The maximum absolute atomic E-state index is 5.14. The highest BCUT2D eigenvalue weighted by atomic mass is 33.7. The third-order valence-corrected chi connectivity index (χ3v) is 12.5. The van der Waals surface area contributed by atoms with Gasteiger partial charge >= 0.3 is 8.43 Å². The van der Waals surface area contributed by atoms with Crippen LogP contribution in [0.2, 0.25) is 0 Å². The molecule has 0 bridgehead atoms. The predicted octanol–water partition coefficient (Wildman–Crippen LogP) is 3.08. The minimum absolute atomic E-state index is 1.21. The Bertz CT molecular complexity index is 93.5. The second kappa shape index (κ2) is 10.6. The molecule has 0 aliphatic rings. The van der Waals surface area contributed by atoms with E-state index in [1.165, 1.54) is 12.2 Å². The molecule has 0 amide bonds. The Balaban J connectivity index is 3.06. The molecule has 0 rings (SSSR count). The van der Waals surface area contributed by atoms with E-state index in [1.54, 1.807) is 34.3 Å². The summed E-state index contributed by atoms with van der Waals surface area (Å²) in [6, 6.07) is 0. The minimum atomic E-state index is -1.40. The molecule has 0 aromatic rings. The molecule has 12 heavy (non-hydrogen) atoms. The van der Waals surface area contributed by atoms with Crippen LogP contribution < -0.4 is 0 Å². The molecular formula is C5H14O2S4Si. The van der Waals surface area contributed by atoms with Crippen molar-refractivity contribution in [3.05, 3.63) is 0 Å². The molecule has 0 spiro atoms. The summed E-state index contributed by atoms with van der Waals surface area (Å²) in [5.41, 5.74) is 0. The summed E-state index contributed by atoms with van der Waals surface area (Å²) in [6.45, 7) is 2.19. The van der Waals surface area contributed by atoms with Gasteiger partial charge in [0.15, 0.2) is 0 Å². The zero-order valence-electron chi connectivity index (χ0n) is 7.44. The molecule has 0 radical (unpaired) electrons. The van der Waals surface area contributed by atoms with Gasteiger partial charge < -0.3 is 8.85 Å². The van der Waals surface area contributed by atoms with E-state index in [2.05, 4.69) is 6.92 Å². The van der Waals surface area contributed by atoms with Gasteiger partial charge in [-0.3, -0.25) is 0 Å². The molecule has 0 aromatic heterocycles. The van der Waals surface area contributed by atoms with Crippen molar-refractivity contribution in [3.8, 4) is 0 Å². The summed E-state index contributed by atoms with van der Waals surface area (Å²) < 4.78 is 10.3. The van der Waals surface area contributed by atoms with Crippen molar-refractivity contribution < 1.29 is 8.85 Å². The van der Waals surface area contributed by atoms with E-state index in [-0.39, 0.29) is 0 Å². The van der Waals surface area contributed by atoms with Crippen LogP contribution in [0.3, 0.4) is 0 Å². The van der Waals surface area contributed by atoms with Crippen LogP contribution in [0.1, 0.15) is 13.3 Å². The van der Waals surface area contributed by atoms with Crippen molar-refractivity contribution in [3.63, 3.8) is 0 Å². The lowest BCUT2D eigenvalue weighted by Gasteiger charge is -2.07. The lowest BCUT2D eigenvalue weighted by molar-refractivity contribution is 0.301. The first-order valence-corrected chi connectivity index (χ1v) is 10.9. The summed E-state index contributed by atoms with van der Waals surface area (Å²) >= 11 is 0. The largest absolute Gasteiger partial charge is 0.400 e. The number of rotatable bonds is 8. The van der Waals surface area contributed by atoms with Gasteiger partial charge in [-0.05, 0) is 36.3 Å². The van der Waals surface area contributed by atoms with Crippen molar-refractivity contribution in [1.29, 1.82) is 0 Å². The monoisotopic (exact) mass is 262 g/mol. The average Bonchev–Trinajstić information content (AvgIpc) is 2.11. The topological polar surface area (TPSA) is 18.5 Å². The molecule has 0 N–H and O–H groups in total. The smallest absolute Gasteiger partial charge is 0.392 e. The highest BCUT2D eigenvalue weighted by molar-refractivity contribution is 9.28. The van der Waals surface area contributed by atoms with Crippen molar-refractivity contribution in [2.24, 2.45) is 0 Å². The van der Waals surface area contributed by atoms with Crippen LogP contribution in [0, 0.1) is 0 Å². The van der Waals surface area contributed by atoms with Gasteiger partial charge in [-0.15, -0.1) is 0 Å². The normalized spacial score (nSPS) is 11.0. The maximum Gasteiger partial charge on any atom is 0.400 e. The molecule has 0 atom stereocenters. The Hall–Kier alpha value is 1.54. The molecule has 0 aliphatic carbocycles. The van der Waals surface area contributed by atoms with E-state index in [9.17, 15) is 0 Å². The second-order valence-corrected chi connectivity index (χ2v) is 11.9. The quantitative estimate of drug-likeness (QED) is 0.377. The first kappa shape index (κ1) is 13.5. The first-order valence-electron chi connectivity index (χ1n) is 3.52. The Kier molecular flexibility index (Phi) is 12.0. The Morgan fingerprint density at radius 1 is 1.17 bits per heavy atom. The van der Waals surface area contributed by atoms with E-state index in [1.807, 2.05) is 20.6 Å². The fourth-order valence-electron chi connectivity index (χ4n) is 0.360. The van der Waals surface area contributed by atoms with Crippen LogP contribution in [-0.4, -0.2) is 28.4 Å². The van der Waals surface area contributed by atoms with Gasteiger partial charge in [-0.2, -0.15) is 0 Å². The molecule has 0 unspecified atom stereocenters. The van der Waals surface area contributed by atoms with Gasteiger partial charge in [0.05, 0.1) is 0 Å². The van der Waals surface area contributed by atoms with Gasteiger partial charge in [-0.25, -0.2) is 0 Å². The number of hydrogen-bond acceptors (Lipinski definition) is 6. The molecule has 0 aromatic carbocycles. The van der Waals surface area contributed by atoms with E-state index >= 15 is 0 Å². The van der Waals surface area contributed by atoms with Crippen LogP contribution in [0.4, 0.5) is 0 Å². The van der Waals surface area contributed by atoms with Crippen molar-refractivity contribution in [2.75, 3.05) is 20.0 Å². The zero-order chi connectivity index (χ0) is 9.23. The Labute approximate surface area is 91.0 Å². The average molecular weight is 263 g/mol. The van der Waals surface area contributed by atoms with E-state index < -0.39 is 8.43 Å². The van der Waals surface area contributed by atoms with Gasteiger partial charge in [-0.1, -0.05) is 17.7 Å². The third-order valence-electron chi connectivity index (χ3n) is 0.866. The maximum atomic E-state index is 5.14. The van der Waals surface area contributed by atoms with Crippen molar-refractivity contribution in [1.82, 2.24) is 0 Å². The summed E-state index contributed by atoms with van der Waals surface area (Å²) in [6.07, 6.45) is 1.23. The van der Waals surface area contributed by atoms with E-state index in [0.717, 1.165) is 0 Å². The SMILES string of the molecule is CCCSSSS[SiH](OC)OC. The van der Waals surface area contributed by atoms with Crippen LogP contribution in [-0.2, 0) is 8.85 Å². The second-order valence-electron chi connectivity index (χ2n) is 1.81. The lowest BCUT2D eigenvalue weighted by atomic mass is 10.6. The molecule has 0 saturated carbocycles. The molecule has 7 heteroatoms. The summed E-state index contributed by atoms with van der Waals surface area (Å²) in [5.74, 6) is 1.21. The molecule has 74 valence electrons. The van der Waals surface area contributed by atoms with E-state index in [4.69, 9.17) is 8.85 Å². The van der Waals surface area contributed by atoms with E-state index in [0.29, 0.717) is 0 Å². The van der Waals surface area contributed by atoms with Gasteiger partial charge in [0, 0.05) is 20.0 Å². The standard InChI is InChI=1S/C5H14O2S4Si/c1-4-5-8-9-10-11-12(6-2)7-3/h12H,4-5H2,1-3H3. The summed E-state index contributed by atoms with van der Waals surface area (Å²) in [5, 5.41) is 0. The highest BCUT2D eigenvalue weighted by Gasteiger charge is 2.10. The van der Waals surface area contributed by atoms with Crippen LogP contribution in [0.15, 0.2) is 0 Å². The molecule has 2 nitrogen and oxygen atoms in total. The first-order chi connectivity index (χ1) is 5.85. The Morgan fingerprint density at radius 3 is 2.33 bits per heavy atom. The molecule has 0 heterocycles. The minimum Gasteiger partial charge on any atom is -0.392 e. The van der Waals surface area contributed by atoms with Crippen LogP contribution in [0.25, 0.3) is 0 Å². The van der Waals surface area contributed by atoms with Crippen molar-refractivity contribution >= 4 is 49.1 Å². The van der Waals surface area contributed by atoms with Gasteiger partial charge in [0.2, 0.25) is 0 Å². The fourth-order valence-corrected chi connectivity index (χ4v) is 12.2. The fraction of sp³-hybridized carbons (Fsp3) is 1.00. The van der Waals surface area contributed by atoms with Crippen LogP contribution >= 0.6 is 40.7 Å². The van der Waals surface area contributed by atoms with Gasteiger partial charge in [0.25, 0.3) is 0 Å². The molecule has 0 aliphatic heterocycles. The number of hydrogen-bond donors (Lipinski definition) is 0. The summed E-state index contributed by atoms with van der Waals surface area (Å²) in [4.78, 5) is 0. The zero-order valence-corrected chi connectivity index (χ0v) is 11.9. The predicted molar refractivity (Wildman–Crippen MR) is 66.7 cm³/mol. The van der Waals surface area contributed by atoms with Crippen LogP contribution in [0.5, 0.6) is 0 Å². The molecular weight excluding hydrogens is 248 g/mol. The van der Waals surface area contributed by atoms with Crippen molar-refractivity contribution in [2.45, 2.75) is 13.3 Å². The lowest BCUT2D eigenvalue weighted by Crippen LogP contribution is -2.12. The third kappa shape index (κ3) is 8.15. The summed E-state index contributed by atoms with van der Waals surface area (Å²) in [7, 11) is 9.19.